The minimum atomic E-state index is 0.307. The van der Waals surface area contributed by atoms with Gasteiger partial charge < -0.3 is 16.4 Å². The van der Waals surface area contributed by atoms with Crippen LogP contribution in [-0.2, 0) is 7.05 Å². The third-order valence-corrected chi connectivity index (χ3v) is 5.04. The second-order valence-electron chi connectivity index (χ2n) is 7.38. The second kappa shape index (κ2) is 8.87. The van der Waals surface area contributed by atoms with E-state index in [2.05, 4.69) is 35.7 Å². The van der Waals surface area contributed by atoms with E-state index in [-0.39, 0.29) is 0 Å². The van der Waals surface area contributed by atoms with Crippen molar-refractivity contribution in [3.8, 4) is 22.6 Å². The van der Waals surface area contributed by atoms with E-state index in [9.17, 15) is 0 Å². The fourth-order valence-electron chi connectivity index (χ4n) is 3.48. The lowest BCUT2D eigenvalue weighted by Crippen LogP contribution is -2.17. The van der Waals surface area contributed by atoms with Crippen LogP contribution >= 0.6 is 0 Å². The number of hydrogen-bond acceptors (Lipinski definition) is 9. The number of anilines is 3. The van der Waals surface area contributed by atoms with E-state index in [1.807, 2.05) is 49.6 Å². The molecule has 0 aliphatic carbocycles. The highest BCUT2D eigenvalue weighted by molar-refractivity contribution is 5.87. The molecule has 0 aliphatic rings. The highest BCUT2D eigenvalue weighted by Gasteiger charge is 2.17. The standard InChI is InChI=1S/C23H22N10/c1-33-12-6-18(32-33)21-20(16-4-5-17-15(13-16)3-2-7-26-17)31-23(22(24)30-21)29-11-10-28-19-14-25-8-9-27-19/h2-9,12-14H,10-11H2,1H3,(H2,24,30)(H,27,28)(H,29,31). The van der Waals surface area contributed by atoms with E-state index in [1.165, 1.54) is 0 Å². The molecular formula is C23H22N10. The zero-order valence-electron chi connectivity index (χ0n) is 18.0. The van der Waals surface area contributed by atoms with E-state index in [0.717, 1.165) is 16.5 Å². The molecule has 0 amide bonds. The number of nitrogens with zero attached hydrogens (tertiary/aromatic N) is 7. The van der Waals surface area contributed by atoms with E-state index in [1.54, 1.807) is 29.5 Å². The average Bonchev–Trinajstić information content (AvgIpc) is 3.29. The van der Waals surface area contributed by atoms with Crippen molar-refractivity contribution >= 4 is 28.4 Å². The lowest BCUT2D eigenvalue weighted by molar-refractivity contribution is 0.770. The molecule has 10 heteroatoms. The van der Waals surface area contributed by atoms with Crippen LogP contribution in [0.4, 0.5) is 17.5 Å². The monoisotopic (exact) mass is 438 g/mol. The Kier molecular flexibility index (Phi) is 5.46. The SMILES string of the molecule is Cn1ccc(-c2nc(N)c(NCCNc3cnccn3)nc2-c2ccc3ncccc3c2)n1. The molecule has 5 aromatic rings. The molecular weight excluding hydrogens is 416 g/mol. The maximum absolute atomic E-state index is 6.27. The van der Waals surface area contributed by atoms with Crippen LogP contribution in [0.25, 0.3) is 33.5 Å². The molecule has 0 saturated heterocycles. The summed E-state index contributed by atoms with van der Waals surface area (Å²) in [5.74, 6) is 1.52. The zero-order valence-corrected chi connectivity index (χ0v) is 18.0. The number of aromatic nitrogens is 7. The molecule has 0 aliphatic heterocycles. The van der Waals surface area contributed by atoms with Gasteiger partial charge in [-0.1, -0.05) is 12.1 Å². The molecule has 0 atom stereocenters. The Bertz CT molecular complexity index is 1400. The molecule has 1 aromatic carbocycles. The fourth-order valence-corrected chi connectivity index (χ4v) is 3.48. The van der Waals surface area contributed by atoms with Gasteiger partial charge in [-0.05, 0) is 24.3 Å². The van der Waals surface area contributed by atoms with E-state index < -0.39 is 0 Å². The first-order valence-corrected chi connectivity index (χ1v) is 10.4. The van der Waals surface area contributed by atoms with Crippen molar-refractivity contribution in [1.29, 1.82) is 0 Å². The minimum Gasteiger partial charge on any atom is -0.381 e. The van der Waals surface area contributed by atoms with Crippen molar-refractivity contribution in [1.82, 2.24) is 34.7 Å². The molecule has 10 nitrogen and oxygen atoms in total. The van der Waals surface area contributed by atoms with Gasteiger partial charge in [0, 0.05) is 55.9 Å². The Labute approximate surface area is 190 Å². The van der Waals surface area contributed by atoms with Gasteiger partial charge in [0.1, 0.15) is 22.9 Å². The summed E-state index contributed by atoms with van der Waals surface area (Å²) in [4.78, 5) is 22.2. The van der Waals surface area contributed by atoms with Crippen LogP contribution in [0.5, 0.6) is 0 Å². The third kappa shape index (κ3) is 4.40. The Morgan fingerprint density at radius 2 is 1.85 bits per heavy atom. The normalized spacial score (nSPS) is 10.9. The Balaban J connectivity index is 1.47. The maximum Gasteiger partial charge on any atom is 0.169 e. The van der Waals surface area contributed by atoms with Crippen molar-refractivity contribution < 1.29 is 0 Å². The molecule has 4 heterocycles. The highest BCUT2D eigenvalue weighted by Crippen LogP contribution is 2.32. The Morgan fingerprint density at radius 1 is 0.939 bits per heavy atom. The summed E-state index contributed by atoms with van der Waals surface area (Å²) in [5.41, 5.74) is 10.1. The summed E-state index contributed by atoms with van der Waals surface area (Å²) in [6.07, 6.45) is 8.59. The summed E-state index contributed by atoms with van der Waals surface area (Å²) in [7, 11) is 1.86. The van der Waals surface area contributed by atoms with Crippen LogP contribution in [0.15, 0.2) is 67.4 Å². The van der Waals surface area contributed by atoms with Gasteiger partial charge in [0.15, 0.2) is 11.6 Å². The van der Waals surface area contributed by atoms with E-state index in [0.29, 0.717) is 47.6 Å². The number of pyridine rings is 1. The van der Waals surface area contributed by atoms with Gasteiger partial charge in [-0.2, -0.15) is 5.10 Å². The quantitative estimate of drug-likeness (QED) is 0.328. The van der Waals surface area contributed by atoms with Gasteiger partial charge in [-0.15, -0.1) is 0 Å². The summed E-state index contributed by atoms with van der Waals surface area (Å²) < 4.78 is 1.73. The van der Waals surface area contributed by atoms with Crippen LogP contribution in [0.2, 0.25) is 0 Å². The number of rotatable bonds is 7. The molecule has 0 bridgehead atoms. The minimum absolute atomic E-state index is 0.307. The van der Waals surface area contributed by atoms with Crippen molar-refractivity contribution in [3.63, 3.8) is 0 Å². The number of hydrogen-bond donors (Lipinski definition) is 3. The van der Waals surface area contributed by atoms with Gasteiger partial charge in [0.05, 0.1) is 11.7 Å². The van der Waals surface area contributed by atoms with Gasteiger partial charge in [0.25, 0.3) is 0 Å². The third-order valence-electron chi connectivity index (χ3n) is 5.04. The zero-order chi connectivity index (χ0) is 22.6. The number of nitrogens with one attached hydrogen (secondary N) is 2. The Hall–Kier alpha value is -4.60. The molecule has 4 aromatic heterocycles. The van der Waals surface area contributed by atoms with Crippen LogP contribution in [0, 0.1) is 0 Å². The molecule has 0 fully saturated rings. The van der Waals surface area contributed by atoms with Crippen molar-refractivity contribution in [2.75, 3.05) is 29.5 Å². The molecule has 4 N–H and O–H groups in total. The van der Waals surface area contributed by atoms with Gasteiger partial charge in [-0.25, -0.2) is 15.0 Å². The molecule has 0 unspecified atom stereocenters. The van der Waals surface area contributed by atoms with E-state index in [4.69, 9.17) is 10.7 Å². The molecule has 33 heavy (non-hydrogen) atoms. The second-order valence-corrected chi connectivity index (χ2v) is 7.38. The fraction of sp³-hybridized carbons (Fsp3) is 0.130. The topological polar surface area (TPSA) is 132 Å². The number of nitrogens with two attached hydrogens (primary N) is 1. The van der Waals surface area contributed by atoms with Gasteiger partial charge in [-0.3, -0.25) is 14.6 Å². The number of fused-ring (bicyclic) bond motifs is 1. The predicted octanol–water partition coefficient (Wildman–Crippen LogP) is 2.99. The average molecular weight is 438 g/mol. The molecule has 0 saturated carbocycles. The first kappa shape index (κ1) is 20.3. The van der Waals surface area contributed by atoms with Crippen LogP contribution < -0.4 is 16.4 Å². The number of benzene rings is 1. The summed E-state index contributed by atoms with van der Waals surface area (Å²) in [6, 6.07) is 11.8. The largest absolute Gasteiger partial charge is 0.381 e. The Morgan fingerprint density at radius 3 is 2.67 bits per heavy atom. The van der Waals surface area contributed by atoms with Crippen molar-refractivity contribution in [2.24, 2.45) is 7.05 Å². The summed E-state index contributed by atoms with van der Waals surface area (Å²) in [5, 5.41) is 12.0. The molecule has 5 rings (SSSR count). The first-order valence-electron chi connectivity index (χ1n) is 10.4. The lowest BCUT2D eigenvalue weighted by atomic mass is 10.0. The lowest BCUT2D eigenvalue weighted by Gasteiger charge is -2.14. The summed E-state index contributed by atoms with van der Waals surface area (Å²) in [6.45, 7) is 1.18. The van der Waals surface area contributed by atoms with Gasteiger partial charge >= 0.3 is 0 Å². The van der Waals surface area contributed by atoms with Crippen LogP contribution in [0.1, 0.15) is 0 Å². The maximum atomic E-state index is 6.27. The van der Waals surface area contributed by atoms with Crippen molar-refractivity contribution in [2.45, 2.75) is 0 Å². The van der Waals surface area contributed by atoms with Crippen LogP contribution in [-0.4, -0.2) is 47.8 Å². The molecule has 164 valence electrons. The highest BCUT2D eigenvalue weighted by atomic mass is 15.3. The van der Waals surface area contributed by atoms with E-state index >= 15 is 0 Å². The first-order chi connectivity index (χ1) is 16.2. The van der Waals surface area contributed by atoms with Crippen LogP contribution in [0.3, 0.4) is 0 Å². The summed E-state index contributed by atoms with van der Waals surface area (Å²) >= 11 is 0. The van der Waals surface area contributed by atoms with Crippen molar-refractivity contribution in [3.05, 3.63) is 67.4 Å². The molecule has 0 radical (unpaired) electrons. The number of aryl methyl sites for hydroxylation is 1. The van der Waals surface area contributed by atoms with Gasteiger partial charge in [0.2, 0.25) is 0 Å². The molecule has 0 spiro atoms. The smallest absolute Gasteiger partial charge is 0.169 e. The predicted molar refractivity (Wildman–Crippen MR) is 128 cm³/mol. The number of nitrogen functional groups attached to an aromatic ring is 1.